The third-order valence-corrected chi connectivity index (χ3v) is 1.46. The SMILES string of the molecule is C=C(B(O)O)c1ccccc1.[Fe]. The summed E-state index contributed by atoms with van der Waals surface area (Å²) in [6.07, 6.45) is 0. The zero-order chi connectivity index (χ0) is 8.27. The van der Waals surface area contributed by atoms with E-state index in [4.69, 9.17) is 10.0 Å². The molecule has 0 saturated heterocycles. The molecule has 0 aliphatic rings. The van der Waals surface area contributed by atoms with Crippen LogP contribution < -0.4 is 0 Å². The van der Waals surface area contributed by atoms with Crippen LogP contribution in [0.2, 0.25) is 0 Å². The Bertz CT molecular complexity index is 248. The first-order valence-electron chi connectivity index (χ1n) is 3.32. The first kappa shape index (κ1) is 11.5. The first-order valence-corrected chi connectivity index (χ1v) is 3.32. The zero-order valence-electron chi connectivity index (χ0n) is 6.42. The van der Waals surface area contributed by atoms with Gasteiger partial charge in [0.2, 0.25) is 0 Å². The molecule has 0 radical (unpaired) electrons. The summed E-state index contributed by atoms with van der Waals surface area (Å²) in [4.78, 5) is 0. The van der Waals surface area contributed by atoms with Crippen molar-refractivity contribution < 1.29 is 27.1 Å². The summed E-state index contributed by atoms with van der Waals surface area (Å²) in [5, 5.41) is 17.5. The van der Waals surface area contributed by atoms with Crippen LogP contribution in [-0.2, 0) is 17.1 Å². The van der Waals surface area contributed by atoms with Crippen molar-refractivity contribution in [2.24, 2.45) is 0 Å². The Labute approximate surface area is 82.5 Å². The third-order valence-electron chi connectivity index (χ3n) is 1.46. The molecule has 0 atom stereocenters. The molecule has 0 amide bonds. The Morgan fingerprint density at radius 1 is 1.17 bits per heavy atom. The number of hydrogen-bond acceptors (Lipinski definition) is 2. The number of benzene rings is 1. The van der Waals surface area contributed by atoms with E-state index in [0.717, 1.165) is 5.56 Å². The molecule has 64 valence electrons. The van der Waals surface area contributed by atoms with Crippen LogP contribution in [0.25, 0.3) is 5.47 Å². The van der Waals surface area contributed by atoms with Gasteiger partial charge in [-0.15, -0.1) is 0 Å². The molecular weight excluding hydrogens is 195 g/mol. The summed E-state index contributed by atoms with van der Waals surface area (Å²) >= 11 is 0. The van der Waals surface area contributed by atoms with Gasteiger partial charge in [0, 0.05) is 17.1 Å². The van der Waals surface area contributed by atoms with E-state index in [-0.39, 0.29) is 17.1 Å². The molecule has 0 saturated carbocycles. The monoisotopic (exact) mass is 204 g/mol. The minimum absolute atomic E-state index is 0. The van der Waals surface area contributed by atoms with Crippen molar-refractivity contribution in [3.05, 3.63) is 42.5 Å². The van der Waals surface area contributed by atoms with Crippen LogP contribution in [0.5, 0.6) is 0 Å². The van der Waals surface area contributed by atoms with E-state index < -0.39 is 7.12 Å². The van der Waals surface area contributed by atoms with E-state index in [1.54, 1.807) is 12.1 Å². The summed E-state index contributed by atoms with van der Waals surface area (Å²) < 4.78 is 0. The van der Waals surface area contributed by atoms with E-state index in [2.05, 4.69) is 6.58 Å². The van der Waals surface area contributed by atoms with Crippen molar-refractivity contribution in [3.63, 3.8) is 0 Å². The van der Waals surface area contributed by atoms with Crippen LogP contribution in [0.3, 0.4) is 0 Å². The molecule has 0 fully saturated rings. The van der Waals surface area contributed by atoms with Gasteiger partial charge in [-0.05, 0) is 11.0 Å². The van der Waals surface area contributed by atoms with Crippen LogP contribution >= 0.6 is 0 Å². The Morgan fingerprint density at radius 2 is 1.67 bits per heavy atom. The Kier molecular flexibility index (Phi) is 4.94. The zero-order valence-corrected chi connectivity index (χ0v) is 7.52. The molecule has 2 nitrogen and oxygen atoms in total. The largest absolute Gasteiger partial charge is 0.488 e. The summed E-state index contributed by atoms with van der Waals surface area (Å²) in [6, 6.07) is 9.07. The fourth-order valence-electron chi connectivity index (χ4n) is 0.801. The van der Waals surface area contributed by atoms with Gasteiger partial charge in [0.15, 0.2) is 0 Å². The molecule has 1 aromatic rings. The van der Waals surface area contributed by atoms with Gasteiger partial charge < -0.3 is 10.0 Å². The molecule has 0 heterocycles. The molecule has 0 aromatic heterocycles. The fraction of sp³-hybridized carbons (Fsp3) is 0. The molecule has 1 rings (SSSR count). The predicted molar refractivity (Wildman–Crippen MR) is 45.7 cm³/mol. The third kappa shape index (κ3) is 2.84. The molecule has 1 aromatic carbocycles. The smallest absolute Gasteiger partial charge is 0.423 e. The molecule has 0 aliphatic heterocycles. The number of hydrogen-bond donors (Lipinski definition) is 2. The van der Waals surface area contributed by atoms with Crippen LogP contribution in [0.1, 0.15) is 5.56 Å². The quantitative estimate of drug-likeness (QED) is 0.696. The Hall–Kier alpha value is -0.536. The van der Waals surface area contributed by atoms with Crippen molar-refractivity contribution in [2.45, 2.75) is 0 Å². The minimum Gasteiger partial charge on any atom is -0.423 e. The topological polar surface area (TPSA) is 40.5 Å². The molecule has 2 N–H and O–H groups in total. The van der Waals surface area contributed by atoms with Gasteiger partial charge in [0.1, 0.15) is 0 Å². The summed E-state index contributed by atoms with van der Waals surface area (Å²) in [5.74, 6) is 0. The maximum absolute atomic E-state index is 8.73. The molecule has 4 heteroatoms. The van der Waals surface area contributed by atoms with Gasteiger partial charge in [0.05, 0.1) is 0 Å². The molecule has 0 unspecified atom stereocenters. The van der Waals surface area contributed by atoms with Gasteiger partial charge in [-0.2, -0.15) is 0 Å². The van der Waals surface area contributed by atoms with Gasteiger partial charge in [-0.1, -0.05) is 36.9 Å². The second kappa shape index (κ2) is 5.17. The number of rotatable bonds is 2. The maximum atomic E-state index is 8.73. The molecule has 0 spiro atoms. The van der Waals surface area contributed by atoms with E-state index in [0.29, 0.717) is 5.47 Å². The summed E-state index contributed by atoms with van der Waals surface area (Å²) in [6.45, 7) is 3.52. The fourth-order valence-corrected chi connectivity index (χ4v) is 0.801. The first-order chi connectivity index (χ1) is 5.22. The van der Waals surface area contributed by atoms with Gasteiger partial charge >= 0.3 is 7.12 Å². The van der Waals surface area contributed by atoms with E-state index >= 15 is 0 Å². The summed E-state index contributed by atoms with van der Waals surface area (Å²) in [5.41, 5.74) is 1.08. The second-order valence-corrected chi connectivity index (χ2v) is 2.26. The predicted octanol–water partition coefficient (Wildman–Crippen LogP) is 0.709. The molecule has 12 heavy (non-hydrogen) atoms. The molecule has 0 bridgehead atoms. The Morgan fingerprint density at radius 3 is 2.08 bits per heavy atom. The van der Waals surface area contributed by atoms with E-state index in [1.807, 2.05) is 18.2 Å². The van der Waals surface area contributed by atoms with Crippen LogP contribution in [0.15, 0.2) is 36.9 Å². The standard InChI is InChI=1S/C8H9BO2.Fe/c1-7(9(10)11)8-5-3-2-4-6-8;/h2-6,10-11H,1H2;. The van der Waals surface area contributed by atoms with E-state index in [9.17, 15) is 0 Å². The van der Waals surface area contributed by atoms with Gasteiger partial charge in [0.25, 0.3) is 0 Å². The van der Waals surface area contributed by atoms with Crippen LogP contribution in [0.4, 0.5) is 0 Å². The molecular formula is C8H9BFeO2. The van der Waals surface area contributed by atoms with Gasteiger partial charge in [-0.3, -0.25) is 0 Å². The van der Waals surface area contributed by atoms with Crippen molar-refractivity contribution in [3.8, 4) is 0 Å². The van der Waals surface area contributed by atoms with E-state index in [1.165, 1.54) is 0 Å². The van der Waals surface area contributed by atoms with Crippen molar-refractivity contribution in [2.75, 3.05) is 0 Å². The van der Waals surface area contributed by atoms with Crippen LogP contribution in [0, 0.1) is 0 Å². The normalized spacial score (nSPS) is 8.50. The van der Waals surface area contributed by atoms with Crippen LogP contribution in [-0.4, -0.2) is 17.2 Å². The van der Waals surface area contributed by atoms with Gasteiger partial charge in [-0.25, -0.2) is 0 Å². The van der Waals surface area contributed by atoms with Crippen molar-refractivity contribution in [1.29, 1.82) is 0 Å². The Balaban J connectivity index is 0.00000121. The van der Waals surface area contributed by atoms with Crippen molar-refractivity contribution >= 4 is 12.6 Å². The molecule has 0 aliphatic carbocycles. The average Bonchev–Trinajstić information content (AvgIpc) is 2.05. The average molecular weight is 204 g/mol. The maximum Gasteiger partial charge on any atom is 0.488 e. The van der Waals surface area contributed by atoms with Crippen molar-refractivity contribution in [1.82, 2.24) is 0 Å². The second-order valence-electron chi connectivity index (χ2n) is 2.26. The summed E-state index contributed by atoms with van der Waals surface area (Å²) in [7, 11) is -1.46. The minimum atomic E-state index is -1.46.